The predicted octanol–water partition coefficient (Wildman–Crippen LogP) is 2.80. The Labute approximate surface area is 214 Å². The van der Waals surface area contributed by atoms with Gasteiger partial charge in [0, 0.05) is 0 Å². The molecular formula is C27H43N3O6. The van der Waals surface area contributed by atoms with Crippen molar-refractivity contribution in [3.8, 4) is 0 Å². The highest BCUT2D eigenvalue weighted by molar-refractivity contribution is 5.91. The molecule has 0 unspecified atom stereocenters. The molecule has 5 atom stereocenters. The van der Waals surface area contributed by atoms with Gasteiger partial charge in [0.2, 0.25) is 11.8 Å². The third-order valence-electron chi connectivity index (χ3n) is 5.99. The highest BCUT2D eigenvalue weighted by atomic mass is 16.5. The van der Waals surface area contributed by atoms with Gasteiger partial charge in [-0.25, -0.2) is 4.79 Å². The van der Waals surface area contributed by atoms with Gasteiger partial charge in [-0.05, 0) is 43.6 Å². The molecule has 0 bridgehead atoms. The molecule has 0 aliphatic carbocycles. The maximum absolute atomic E-state index is 13.0. The number of carbonyl (C=O) groups excluding carboxylic acids is 3. The van der Waals surface area contributed by atoms with E-state index in [1.165, 1.54) is 6.92 Å². The molecule has 9 nitrogen and oxygen atoms in total. The van der Waals surface area contributed by atoms with Crippen LogP contribution in [0.1, 0.15) is 72.3 Å². The van der Waals surface area contributed by atoms with Crippen LogP contribution in [0.25, 0.3) is 0 Å². The Kier molecular flexibility index (Phi) is 13.8. The lowest BCUT2D eigenvalue weighted by Crippen LogP contribution is -2.54. The van der Waals surface area contributed by atoms with Crippen molar-refractivity contribution in [3.63, 3.8) is 0 Å². The van der Waals surface area contributed by atoms with Crippen LogP contribution in [0.2, 0.25) is 0 Å². The summed E-state index contributed by atoms with van der Waals surface area (Å²) in [5, 5.41) is 14.5. The van der Waals surface area contributed by atoms with Crippen molar-refractivity contribution < 1.29 is 29.0 Å². The second-order valence-electron chi connectivity index (χ2n) is 9.91. The van der Waals surface area contributed by atoms with E-state index in [-0.39, 0.29) is 18.3 Å². The molecular weight excluding hydrogens is 462 g/mol. The molecule has 0 radical (unpaired) electrons. The van der Waals surface area contributed by atoms with Crippen LogP contribution in [0.15, 0.2) is 30.3 Å². The van der Waals surface area contributed by atoms with Crippen molar-refractivity contribution in [2.24, 2.45) is 17.6 Å². The second-order valence-corrected chi connectivity index (χ2v) is 9.91. The molecule has 36 heavy (non-hydrogen) atoms. The van der Waals surface area contributed by atoms with E-state index >= 15 is 0 Å². The van der Waals surface area contributed by atoms with Crippen molar-refractivity contribution in [2.75, 3.05) is 0 Å². The van der Waals surface area contributed by atoms with Gasteiger partial charge < -0.3 is 26.2 Å². The molecule has 1 aromatic rings. The number of nitrogens with one attached hydrogen (secondary N) is 2. The fourth-order valence-electron chi connectivity index (χ4n) is 3.80. The summed E-state index contributed by atoms with van der Waals surface area (Å²) >= 11 is 0. The van der Waals surface area contributed by atoms with Gasteiger partial charge in [-0.1, -0.05) is 70.9 Å². The SMILES string of the molecule is CCCC[C@H](C)[C@H](CC(=O)O)OC(=O)[C@@H](CC(C)C)NC(=O)[C@H](C)NC(=O)[C@@H](N)Cc1ccccc1. The molecule has 0 heterocycles. The van der Waals surface area contributed by atoms with Crippen LogP contribution < -0.4 is 16.4 Å². The number of nitrogens with two attached hydrogens (primary N) is 1. The third-order valence-corrected chi connectivity index (χ3v) is 5.99. The number of carboxylic acids is 1. The fourth-order valence-corrected chi connectivity index (χ4v) is 3.80. The average Bonchev–Trinajstić information content (AvgIpc) is 2.81. The van der Waals surface area contributed by atoms with E-state index in [9.17, 15) is 24.3 Å². The third kappa shape index (κ3) is 11.7. The molecule has 202 valence electrons. The number of amides is 2. The molecule has 5 N–H and O–H groups in total. The number of ether oxygens (including phenoxy) is 1. The minimum absolute atomic E-state index is 0.0579. The first-order valence-corrected chi connectivity index (χ1v) is 12.8. The van der Waals surface area contributed by atoms with Gasteiger partial charge in [-0.15, -0.1) is 0 Å². The lowest BCUT2D eigenvalue weighted by atomic mass is 9.95. The molecule has 0 spiro atoms. The van der Waals surface area contributed by atoms with Gasteiger partial charge in [0.15, 0.2) is 0 Å². The van der Waals surface area contributed by atoms with Gasteiger partial charge in [0.1, 0.15) is 18.2 Å². The lowest BCUT2D eigenvalue weighted by Gasteiger charge is -2.27. The Morgan fingerprint density at radius 3 is 2.19 bits per heavy atom. The number of unbranched alkanes of at least 4 members (excludes halogenated alkanes) is 1. The molecule has 0 saturated heterocycles. The zero-order valence-corrected chi connectivity index (χ0v) is 22.2. The number of hydrogen-bond acceptors (Lipinski definition) is 6. The van der Waals surface area contributed by atoms with Crippen LogP contribution in [0.5, 0.6) is 0 Å². The summed E-state index contributed by atoms with van der Waals surface area (Å²) in [5.74, 6) is -2.83. The highest BCUT2D eigenvalue weighted by Gasteiger charge is 2.31. The van der Waals surface area contributed by atoms with E-state index in [1.54, 1.807) is 0 Å². The Hall–Kier alpha value is -2.94. The van der Waals surface area contributed by atoms with E-state index < -0.39 is 48.0 Å². The summed E-state index contributed by atoms with van der Waals surface area (Å²) in [6.45, 7) is 9.22. The van der Waals surface area contributed by atoms with Crippen LogP contribution in [0.3, 0.4) is 0 Å². The van der Waals surface area contributed by atoms with Gasteiger partial charge in [0.25, 0.3) is 0 Å². The van der Waals surface area contributed by atoms with E-state index in [0.29, 0.717) is 12.8 Å². The monoisotopic (exact) mass is 505 g/mol. The molecule has 0 fully saturated rings. The van der Waals surface area contributed by atoms with Crippen molar-refractivity contribution in [2.45, 2.75) is 97.4 Å². The van der Waals surface area contributed by atoms with E-state index in [1.807, 2.05) is 58.0 Å². The molecule has 0 saturated carbocycles. The standard InChI is InChI=1S/C27H43N3O6/c1-6-7-11-18(4)23(16-24(31)32)36-27(35)22(14-17(2)3)30-25(33)19(5)29-26(34)21(28)15-20-12-9-8-10-13-20/h8-10,12-13,17-19,21-23H,6-7,11,14-16,28H2,1-5H3,(H,29,34)(H,30,33)(H,31,32)/t18-,19-,21-,22+,23-/m0/s1. The summed E-state index contributed by atoms with van der Waals surface area (Å²) in [6.07, 6.45) is 2.11. The predicted molar refractivity (Wildman–Crippen MR) is 138 cm³/mol. The normalized spacial score (nSPS) is 15.3. The maximum Gasteiger partial charge on any atom is 0.328 e. The number of benzene rings is 1. The number of hydrogen-bond donors (Lipinski definition) is 4. The number of aliphatic carboxylic acids is 1. The number of carboxylic acid groups (broad SMARTS) is 1. The summed E-state index contributed by atoms with van der Waals surface area (Å²) < 4.78 is 5.61. The van der Waals surface area contributed by atoms with E-state index in [0.717, 1.165) is 24.8 Å². The van der Waals surface area contributed by atoms with Crippen molar-refractivity contribution in [1.29, 1.82) is 0 Å². The van der Waals surface area contributed by atoms with Crippen LogP contribution in [-0.2, 0) is 30.3 Å². The molecule has 1 aromatic carbocycles. The molecule has 2 amide bonds. The Morgan fingerprint density at radius 1 is 1.00 bits per heavy atom. The zero-order chi connectivity index (χ0) is 27.3. The Balaban J connectivity index is 2.80. The van der Waals surface area contributed by atoms with Gasteiger partial charge in [-0.2, -0.15) is 0 Å². The number of rotatable bonds is 16. The first-order chi connectivity index (χ1) is 16.9. The quantitative estimate of drug-likeness (QED) is 0.253. The van der Waals surface area contributed by atoms with Crippen LogP contribution in [0.4, 0.5) is 0 Å². The van der Waals surface area contributed by atoms with Gasteiger partial charge in [0.05, 0.1) is 12.5 Å². The Morgan fingerprint density at radius 2 is 1.64 bits per heavy atom. The van der Waals surface area contributed by atoms with E-state index in [4.69, 9.17) is 10.5 Å². The highest BCUT2D eigenvalue weighted by Crippen LogP contribution is 2.20. The lowest BCUT2D eigenvalue weighted by molar-refractivity contribution is -0.159. The summed E-state index contributed by atoms with van der Waals surface area (Å²) in [4.78, 5) is 49.7. The van der Waals surface area contributed by atoms with Crippen LogP contribution in [0, 0.1) is 11.8 Å². The number of esters is 1. The fraction of sp³-hybridized carbons (Fsp3) is 0.630. The summed E-state index contributed by atoms with van der Waals surface area (Å²) in [5.41, 5.74) is 6.91. The average molecular weight is 506 g/mol. The molecule has 1 rings (SSSR count). The number of carbonyl (C=O) groups is 4. The zero-order valence-electron chi connectivity index (χ0n) is 22.2. The van der Waals surface area contributed by atoms with Crippen molar-refractivity contribution >= 4 is 23.8 Å². The molecule has 0 aliphatic heterocycles. The van der Waals surface area contributed by atoms with Crippen LogP contribution >= 0.6 is 0 Å². The molecule has 9 heteroatoms. The molecule has 0 aliphatic rings. The maximum atomic E-state index is 13.0. The summed E-state index contributed by atoms with van der Waals surface area (Å²) in [6, 6.07) is 6.59. The second kappa shape index (κ2) is 15.9. The molecule has 0 aromatic heterocycles. The first-order valence-electron chi connectivity index (χ1n) is 12.8. The van der Waals surface area contributed by atoms with Gasteiger partial charge in [-0.3, -0.25) is 14.4 Å². The minimum atomic E-state index is -1.05. The largest absolute Gasteiger partial charge is 0.481 e. The van der Waals surface area contributed by atoms with Crippen molar-refractivity contribution in [1.82, 2.24) is 10.6 Å². The minimum Gasteiger partial charge on any atom is -0.481 e. The van der Waals surface area contributed by atoms with E-state index in [2.05, 4.69) is 10.6 Å². The van der Waals surface area contributed by atoms with Crippen molar-refractivity contribution in [3.05, 3.63) is 35.9 Å². The van der Waals surface area contributed by atoms with Crippen LogP contribution in [-0.4, -0.2) is 53.1 Å². The van der Waals surface area contributed by atoms with Gasteiger partial charge >= 0.3 is 11.9 Å². The Bertz CT molecular complexity index is 845. The summed E-state index contributed by atoms with van der Waals surface area (Å²) in [7, 11) is 0. The topological polar surface area (TPSA) is 148 Å². The first kappa shape index (κ1) is 31.1. The smallest absolute Gasteiger partial charge is 0.328 e.